The topological polar surface area (TPSA) is 75.4 Å². The summed E-state index contributed by atoms with van der Waals surface area (Å²) in [5.74, 6) is 0. The highest BCUT2D eigenvalue weighted by atomic mass is 32.2. The van der Waals surface area contributed by atoms with Crippen molar-refractivity contribution in [3.8, 4) is 0 Å². The summed E-state index contributed by atoms with van der Waals surface area (Å²) >= 11 is 0. The van der Waals surface area contributed by atoms with E-state index < -0.39 is 10.2 Å². The lowest BCUT2D eigenvalue weighted by atomic mass is 10.1. The van der Waals surface area contributed by atoms with Crippen LogP contribution in [-0.2, 0) is 10.2 Å². The van der Waals surface area contributed by atoms with E-state index in [9.17, 15) is 8.42 Å². The average Bonchev–Trinajstić information content (AvgIpc) is 3.16. The Labute approximate surface area is 117 Å². The van der Waals surface area contributed by atoms with Gasteiger partial charge in [0.05, 0.1) is 0 Å². The van der Waals surface area contributed by atoms with Gasteiger partial charge in [0, 0.05) is 18.6 Å². The van der Waals surface area contributed by atoms with Crippen LogP contribution in [0.15, 0.2) is 0 Å². The molecule has 0 amide bonds. The van der Waals surface area contributed by atoms with Gasteiger partial charge in [0.2, 0.25) is 0 Å². The van der Waals surface area contributed by atoms with Crippen LogP contribution in [0.5, 0.6) is 0 Å². The van der Waals surface area contributed by atoms with E-state index in [1.54, 1.807) is 4.31 Å². The molecule has 0 atom stereocenters. The second-order valence-electron chi connectivity index (χ2n) is 5.80. The molecular weight excluding hydrogens is 262 g/mol. The van der Waals surface area contributed by atoms with Gasteiger partial charge in [-0.3, -0.25) is 0 Å². The van der Waals surface area contributed by atoms with Gasteiger partial charge in [-0.1, -0.05) is 25.7 Å². The third kappa shape index (κ3) is 4.70. The summed E-state index contributed by atoms with van der Waals surface area (Å²) in [5, 5.41) is 0. The minimum atomic E-state index is -3.32. The maximum absolute atomic E-state index is 12.5. The molecular formula is C13H27N3O2S. The van der Waals surface area contributed by atoms with Crippen molar-refractivity contribution in [2.45, 2.75) is 69.9 Å². The number of nitrogens with zero attached hydrogens (tertiary/aromatic N) is 1. The molecule has 0 aliphatic heterocycles. The summed E-state index contributed by atoms with van der Waals surface area (Å²) in [5.41, 5.74) is 5.55. The summed E-state index contributed by atoms with van der Waals surface area (Å²) in [4.78, 5) is 0. The molecule has 3 N–H and O–H groups in total. The molecule has 19 heavy (non-hydrogen) atoms. The first-order valence-corrected chi connectivity index (χ1v) is 9.06. The molecule has 2 rings (SSSR count). The average molecular weight is 289 g/mol. The van der Waals surface area contributed by atoms with Crippen molar-refractivity contribution in [3.05, 3.63) is 0 Å². The minimum Gasteiger partial charge on any atom is -0.330 e. The van der Waals surface area contributed by atoms with Crippen LogP contribution in [0.4, 0.5) is 0 Å². The van der Waals surface area contributed by atoms with E-state index in [2.05, 4.69) is 4.72 Å². The van der Waals surface area contributed by atoms with Gasteiger partial charge in [-0.2, -0.15) is 17.4 Å². The third-order valence-electron chi connectivity index (χ3n) is 4.02. The third-order valence-corrected chi connectivity index (χ3v) is 5.75. The number of hydrogen-bond donors (Lipinski definition) is 2. The standard InChI is InChI=1S/C13H27N3O2S/c14-10-5-11-16(13-6-3-1-2-4-7-13)19(17,18)15-12-8-9-12/h12-13,15H,1-11,14H2. The maximum Gasteiger partial charge on any atom is 0.279 e. The molecule has 0 saturated heterocycles. The molecule has 0 unspecified atom stereocenters. The van der Waals surface area contributed by atoms with Crippen LogP contribution in [0.2, 0.25) is 0 Å². The fourth-order valence-corrected chi connectivity index (χ4v) is 4.54. The van der Waals surface area contributed by atoms with Crippen LogP contribution in [0, 0.1) is 0 Å². The molecule has 6 heteroatoms. The summed E-state index contributed by atoms with van der Waals surface area (Å²) < 4.78 is 29.5. The number of hydrogen-bond acceptors (Lipinski definition) is 3. The van der Waals surface area contributed by atoms with E-state index in [4.69, 9.17) is 5.73 Å². The van der Waals surface area contributed by atoms with Crippen molar-refractivity contribution >= 4 is 10.2 Å². The Morgan fingerprint density at radius 1 is 1.05 bits per heavy atom. The fourth-order valence-electron chi connectivity index (χ4n) is 2.77. The van der Waals surface area contributed by atoms with Crippen molar-refractivity contribution in [1.82, 2.24) is 9.03 Å². The first-order valence-electron chi connectivity index (χ1n) is 7.62. The van der Waals surface area contributed by atoms with Crippen LogP contribution < -0.4 is 10.5 Å². The van der Waals surface area contributed by atoms with Gasteiger partial charge < -0.3 is 5.73 Å². The van der Waals surface area contributed by atoms with Gasteiger partial charge >= 0.3 is 0 Å². The monoisotopic (exact) mass is 289 g/mol. The Kier molecular flexibility index (Phi) is 5.62. The van der Waals surface area contributed by atoms with Gasteiger partial charge in [0.1, 0.15) is 0 Å². The van der Waals surface area contributed by atoms with Gasteiger partial charge in [-0.15, -0.1) is 0 Å². The van der Waals surface area contributed by atoms with E-state index in [0.29, 0.717) is 13.1 Å². The SMILES string of the molecule is NCCCN(C1CCCCCC1)S(=O)(=O)NC1CC1. The van der Waals surface area contributed by atoms with Crippen molar-refractivity contribution in [2.75, 3.05) is 13.1 Å². The first-order chi connectivity index (χ1) is 9.13. The molecule has 2 aliphatic rings. The molecule has 2 saturated carbocycles. The first kappa shape index (κ1) is 15.2. The van der Waals surface area contributed by atoms with Crippen molar-refractivity contribution in [2.24, 2.45) is 5.73 Å². The second kappa shape index (κ2) is 7.02. The minimum absolute atomic E-state index is 0.172. The predicted molar refractivity (Wildman–Crippen MR) is 76.9 cm³/mol. The van der Waals surface area contributed by atoms with Gasteiger partial charge in [0.15, 0.2) is 0 Å². The highest BCUT2D eigenvalue weighted by molar-refractivity contribution is 7.87. The van der Waals surface area contributed by atoms with Gasteiger partial charge in [-0.25, -0.2) is 0 Å². The molecule has 0 aromatic rings. The molecule has 112 valence electrons. The largest absolute Gasteiger partial charge is 0.330 e. The molecule has 0 spiro atoms. The fraction of sp³-hybridized carbons (Fsp3) is 1.00. The normalized spacial score (nSPS) is 22.6. The summed E-state index contributed by atoms with van der Waals surface area (Å²) in [7, 11) is -3.32. The quantitative estimate of drug-likeness (QED) is 0.695. The van der Waals surface area contributed by atoms with Crippen molar-refractivity contribution in [1.29, 1.82) is 0 Å². The number of nitrogens with one attached hydrogen (secondary N) is 1. The van der Waals surface area contributed by atoms with Crippen LogP contribution >= 0.6 is 0 Å². The lowest BCUT2D eigenvalue weighted by Gasteiger charge is -2.30. The maximum atomic E-state index is 12.5. The van der Waals surface area contributed by atoms with Gasteiger partial charge in [-0.05, 0) is 38.6 Å². The second-order valence-corrected chi connectivity index (χ2v) is 7.45. The Hall–Kier alpha value is -0.170. The highest BCUT2D eigenvalue weighted by Crippen LogP contribution is 2.26. The zero-order valence-corrected chi connectivity index (χ0v) is 12.5. The van der Waals surface area contributed by atoms with E-state index in [0.717, 1.165) is 44.9 Å². The van der Waals surface area contributed by atoms with E-state index in [1.807, 2.05) is 0 Å². The van der Waals surface area contributed by atoms with Crippen LogP contribution in [0.25, 0.3) is 0 Å². The summed E-state index contributed by atoms with van der Waals surface area (Å²) in [6.45, 7) is 1.10. The smallest absolute Gasteiger partial charge is 0.279 e. The van der Waals surface area contributed by atoms with Gasteiger partial charge in [0.25, 0.3) is 10.2 Å². The van der Waals surface area contributed by atoms with Crippen LogP contribution in [0.3, 0.4) is 0 Å². The highest BCUT2D eigenvalue weighted by Gasteiger charge is 2.34. The van der Waals surface area contributed by atoms with Crippen molar-refractivity contribution in [3.63, 3.8) is 0 Å². The Bertz CT molecular complexity index is 360. The lowest BCUT2D eigenvalue weighted by Crippen LogP contribution is -2.48. The zero-order chi connectivity index (χ0) is 13.7. The van der Waals surface area contributed by atoms with E-state index in [-0.39, 0.29) is 12.1 Å². The molecule has 2 fully saturated rings. The Balaban J connectivity index is 2.03. The Morgan fingerprint density at radius 3 is 2.21 bits per heavy atom. The molecule has 0 aromatic carbocycles. The Morgan fingerprint density at radius 2 is 1.68 bits per heavy atom. The molecule has 0 bridgehead atoms. The summed E-state index contributed by atoms with van der Waals surface area (Å²) in [6, 6.07) is 0.349. The molecule has 0 heterocycles. The molecule has 0 radical (unpaired) electrons. The summed E-state index contributed by atoms with van der Waals surface area (Å²) in [6.07, 6.45) is 9.44. The van der Waals surface area contributed by atoms with E-state index in [1.165, 1.54) is 12.8 Å². The number of nitrogens with two attached hydrogens (primary N) is 1. The van der Waals surface area contributed by atoms with Crippen molar-refractivity contribution < 1.29 is 8.42 Å². The lowest BCUT2D eigenvalue weighted by molar-refractivity contribution is 0.286. The molecule has 0 aromatic heterocycles. The predicted octanol–water partition coefficient (Wildman–Crippen LogP) is 1.36. The molecule has 2 aliphatic carbocycles. The van der Waals surface area contributed by atoms with Crippen LogP contribution in [0.1, 0.15) is 57.8 Å². The molecule has 5 nitrogen and oxygen atoms in total. The van der Waals surface area contributed by atoms with E-state index >= 15 is 0 Å². The zero-order valence-electron chi connectivity index (χ0n) is 11.7. The van der Waals surface area contributed by atoms with Crippen LogP contribution in [-0.4, -0.2) is 37.9 Å². The number of rotatable bonds is 7.